The molecule has 1 aliphatic rings. The molecule has 3 rings (SSSR count). The van der Waals surface area contributed by atoms with Gasteiger partial charge in [0.2, 0.25) is 0 Å². The zero-order valence-electron chi connectivity index (χ0n) is 14.3. The van der Waals surface area contributed by atoms with Crippen molar-refractivity contribution >= 4 is 33.4 Å². The SMILES string of the molecule is C=CCN1C(=O)C(=O)C(=C(O)c2ccc(Br)cc2)[C@H]1c1ccc(C)cc1. The van der Waals surface area contributed by atoms with Crippen LogP contribution in [0.25, 0.3) is 5.76 Å². The van der Waals surface area contributed by atoms with Gasteiger partial charge in [-0.15, -0.1) is 6.58 Å². The van der Waals surface area contributed by atoms with Crippen LogP contribution in [0.4, 0.5) is 0 Å². The van der Waals surface area contributed by atoms with Gasteiger partial charge < -0.3 is 10.0 Å². The molecule has 1 fully saturated rings. The highest BCUT2D eigenvalue weighted by Crippen LogP contribution is 2.39. The number of carbonyl (C=O) groups is 2. The van der Waals surface area contributed by atoms with Gasteiger partial charge in [0, 0.05) is 16.6 Å². The fourth-order valence-corrected chi connectivity index (χ4v) is 3.33. The number of aliphatic hydroxyl groups excluding tert-OH is 1. The maximum Gasteiger partial charge on any atom is 0.295 e. The lowest BCUT2D eigenvalue weighted by molar-refractivity contribution is -0.139. The predicted molar refractivity (Wildman–Crippen MR) is 105 cm³/mol. The molecule has 0 aliphatic carbocycles. The lowest BCUT2D eigenvalue weighted by atomic mass is 9.95. The number of hydrogen-bond acceptors (Lipinski definition) is 3. The van der Waals surface area contributed by atoms with Crippen LogP contribution in [0.1, 0.15) is 22.7 Å². The average Bonchev–Trinajstić information content (AvgIpc) is 2.88. The molecule has 0 saturated carbocycles. The summed E-state index contributed by atoms with van der Waals surface area (Å²) in [5.74, 6) is -1.49. The minimum absolute atomic E-state index is 0.100. The number of hydrogen-bond donors (Lipinski definition) is 1. The van der Waals surface area contributed by atoms with Crippen molar-refractivity contribution in [3.8, 4) is 0 Å². The van der Waals surface area contributed by atoms with E-state index in [1.807, 2.05) is 31.2 Å². The third-order valence-electron chi connectivity index (χ3n) is 4.38. The van der Waals surface area contributed by atoms with Crippen LogP contribution in [0.2, 0.25) is 0 Å². The van der Waals surface area contributed by atoms with E-state index in [9.17, 15) is 14.7 Å². The Kier molecular flexibility index (Phi) is 5.09. The molecule has 26 heavy (non-hydrogen) atoms. The number of carbonyl (C=O) groups excluding carboxylic acids is 2. The van der Waals surface area contributed by atoms with Crippen LogP contribution >= 0.6 is 15.9 Å². The van der Waals surface area contributed by atoms with Gasteiger partial charge in [-0.3, -0.25) is 9.59 Å². The fourth-order valence-electron chi connectivity index (χ4n) is 3.07. The number of Topliss-reactive ketones (excluding diaryl/α,β-unsaturated/α-hetero) is 1. The maximum absolute atomic E-state index is 12.7. The maximum atomic E-state index is 12.7. The van der Waals surface area contributed by atoms with Crippen LogP contribution in [0.15, 0.2) is 71.2 Å². The van der Waals surface area contributed by atoms with Gasteiger partial charge in [0.1, 0.15) is 5.76 Å². The number of aryl methyl sites for hydroxylation is 1. The number of amides is 1. The van der Waals surface area contributed by atoms with E-state index < -0.39 is 17.7 Å². The van der Waals surface area contributed by atoms with Crippen LogP contribution in [-0.2, 0) is 9.59 Å². The third kappa shape index (κ3) is 3.22. The predicted octanol–water partition coefficient (Wildman–Crippen LogP) is 4.37. The van der Waals surface area contributed by atoms with Gasteiger partial charge in [-0.25, -0.2) is 0 Å². The summed E-state index contributed by atoms with van der Waals surface area (Å²) in [7, 11) is 0. The van der Waals surface area contributed by atoms with Crippen molar-refractivity contribution in [2.24, 2.45) is 0 Å². The molecular formula is C21H18BrNO3. The van der Waals surface area contributed by atoms with Crippen molar-refractivity contribution in [1.29, 1.82) is 0 Å². The molecule has 1 atom stereocenters. The Morgan fingerprint density at radius 1 is 1.15 bits per heavy atom. The van der Waals surface area contributed by atoms with E-state index in [0.29, 0.717) is 5.56 Å². The first-order valence-electron chi connectivity index (χ1n) is 8.16. The molecule has 4 nitrogen and oxygen atoms in total. The number of rotatable bonds is 4. The average molecular weight is 412 g/mol. The molecule has 0 aromatic heterocycles. The minimum atomic E-state index is -0.683. The summed E-state index contributed by atoms with van der Waals surface area (Å²) in [6.07, 6.45) is 1.58. The molecule has 2 aromatic rings. The van der Waals surface area contributed by atoms with Crippen molar-refractivity contribution in [2.75, 3.05) is 6.54 Å². The van der Waals surface area contributed by atoms with E-state index in [1.165, 1.54) is 4.90 Å². The summed E-state index contributed by atoms with van der Waals surface area (Å²) >= 11 is 3.35. The second kappa shape index (κ2) is 7.30. The number of aliphatic hydroxyl groups is 1. The highest BCUT2D eigenvalue weighted by molar-refractivity contribution is 9.10. The van der Waals surface area contributed by atoms with E-state index in [2.05, 4.69) is 22.5 Å². The third-order valence-corrected chi connectivity index (χ3v) is 4.91. The van der Waals surface area contributed by atoms with Gasteiger partial charge in [0.25, 0.3) is 11.7 Å². The molecule has 0 radical (unpaired) electrons. The Balaban J connectivity index is 2.18. The van der Waals surface area contributed by atoms with Crippen molar-refractivity contribution < 1.29 is 14.7 Å². The van der Waals surface area contributed by atoms with Gasteiger partial charge >= 0.3 is 0 Å². The smallest absolute Gasteiger partial charge is 0.295 e. The van der Waals surface area contributed by atoms with Gasteiger partial charge in [0.15, 0.2) is 0 Å². The Morgan fingerprint density at radius 3 is 2.35 bits per heavy atom. The van der Waals surface area contributed by atoms with E-state index >= 15 is 0 Å². The molecule has 0 unspecified atom stereocenters. The van der Waals surface area contributed by atoms with Crippen molar-refractivity contribution in [3.63, 3.8) is 0 Å². The number of benzene rings is 2. The molecule has 5 heteroatoms. The molecule has 1 N–H and O–H groups in total. The minimum Gasteiger partial charge on any atom is -0.507 e. The van der Waals surface area contributed by atoms with Gasteiger partial charge in [-0.1, -0.05) is 64.0 Å². The molecule has 1 amide bonds. The lowest BCUT2D eigenvalue weighted by Crippen LogP contribution is -2.29. The molecule has 132 valence electrons. The summed E-state index contributed by atoms with van der Waals surface area (Å²) in [5.41, 5.74) is 2.43. The summed E-state index contributed by atoms with van der Waals surface area (Å²) in [5, 5.41) is 10.8. The van der Waals surface area contributed by atoms with Crippen LogP contribution in [-0.4, -0.2) is 28.2 Å². The Bertz CT molecular complexity index is 898. The second-order valence-electron chi connectivity index (χ2n) is 6.16. The highest BCUT2D eigenvalue weighted by atomic mass is 79.9. The summed E-state index contributed by atoms with van der Waals surface area (Å²) < 4.78 is 0.858. The summed E-state index contributed by atoms with van der Waals surface area (Å²) in [6.45, 7) is 5.86. The summed E-state index contributed by atoms with van der Waals surface area (Å²) in [4.78, 5) is 26.6. The molecule has 0 bridgehead atoms. The number of halogens is 1. The Hall–Kier alpha value is -2.66. The normalized spacial score (nSPS) is 19.0. The topological polar surface area (TPSA) is 57.6 Å². The molecule has 1 saturated heterocycles. The van der Waals surface area contributed by atoms with Crippen molar-refractivity contribution in [2.45, 2.75) is 13.0 Å². The van der Waals surface area contributed by atoms with Gasteiger partial charge in [-0.05, 0) is 24.6 Å². The van der Waals surface area contributed by atoms with Crippen molar-refractivity contribution in [1.82, 2.24) is 4.90 Å². The van der Waals surface area contributed by atoms with Crippen LogP contribution < -0.4 is 0 Å². The first kappa shape index (κ1) is 18.1. The largest absolute Gasteiger partial charge is 0.507 e. The van der Waals surface area contributed by atoms with Gasteiger partial charge in [0.05, 0.1) is 11.6 Å². The number of ketones is 1. The van der Waals surface area contributed by atoms with Gasteiger partial charge in [-0.2, -0.15) is 0 Å². The Labute approximate surface area is 160 Å². The second-order valence-corrected chi connectivity index (χ2v) is 7.07. The molecule has 1 heterocycles. The quantitative estimate of drug-likeness (QED) is 0.351. The first-order valence-corrected chi connectivity index (χ1v) is 8.95. The zero-order chi connectivity index (χ0) is 18.8. The van der Waals surface area contributed by atoms with Crippen molar-refractivity contribution in [3.05, 3.63) is 87.9 Å². The Morgan fingerprint density at radius 2 is 1.77 bits per heavy atom. The molecule has 2 aromatic carbocycles. The van der Waals surface area contributed by atoms with E-state index in [-0.39, 0.29) is 17.9 Å². The summed E-state index contributed by atoms with van der Waals surface area (Å²) in [6, 6.07) is 13.9. The van der Waals surface area contributed by atoms with Crippen LogP contribution in [0.3, 0.4) is 0 Å². The fraction of sp³-hybridized carbons (Fsp3) is 0.143. The van der Waals surface area contributed by atoms with Crippen LogP contribution in [0.5, 0.6) is 0 Å². The standard InChI is InChI=1S/C21H18BrNO3/c1-3-12-23-18(14-6-4-13(2)5-7-14)17(20(25)21(23)26)19(24)15-8-10-16(22)11-9-15/h3-11,18,24H,1,12H2,2H3/t18-/m1/s1. The lowest BCUT2D eigenvalue weighted by Gasteiger charge is -2.24. The molecule has 1 aliphatic heterocycles. The van der Waals surface area contributed by atoms with E-state index in [4.69, 9.17) is 0 Å². The van der Waals surface area contributed by atoms with E-state index in [1.54, 1.807) is 30.3 Å². The highest BCUT2D eigenvalue weighted by Gasteiger charge is 2.45. The number of likely N-dealkylation sites (tertiary alicyclic amines) is 1. The van der Waals surface area contributed by atoms with E-state index in [0.717, 1.165) is 15.6 Å². The van der Waals surface area contributed by atoms with Crippen LogP contribution in [0, 0.1) is 6.92 Å². The monoisotopic (exact) mass is 411 g/mol. The molecule has 0 spiro atoms. The first-order chi connectivity index (χ1) is 12.4. The zero-order valence-corrected chi connectivity index (χ0v) is 15.9. The number of nitrogens with zero attached hydrogens (tertiary/aromatic N) is 1. The molecular weight excluding hydrogens is 394 g/mol.